The first-order chi connectivity index (χ1) is 15.7. The van der Waals surface area contributed by atoms with E-state index in [4.69, 9.17) is 5.73 Å². The molecule has 2 aromatic heterocycles. The predicted molar refractivity (Wildman–Crippen MR) is 129 cm³/mol. The summed E-state index contributed by atoms with van der Waals surface area (Å²) in [6.45, 7) is 3.76. The fourth-order valence-corrected chi connectivity index (χ4v) is 3.62. The first kappa shape index (κ1) is 21.8. The van der Waals surface area contributed by atoms with E-state index in [1.807, 2.05) is 26.0 Å². The first-order valence-electron chi connectivity index (χ1n) is 10.3. The maximum atomic E-state index is 13.1. The van der Waals surface area contributed by atoms with Crippen LogP contribution in [0, 0.1) is 13.8 Å². The second-order valence-corrected chi connectivity index (χ2v) is 7.87. The van der Waals surface area contributed by atoms with Gasteiger partial charge in [0.05, 0.1) is 5.52 Å². The van der Waals surface area contributed by atoms with E-state index in [0.29, 0.717) is 28.1 Å². The molecule has 2 aromatic carbocycles. The molecule has 0 fully saturated rings. The minimum atomic E-state index is -0.683. The number of nitrogens with two attached hydrogens (primary N) is 1. The van der Waals surface area contributed by atoms with Crippen molar-refractivity contribution in [1.82, 2.24) is 14.9 Å². The number of hydrogen-bond acceptors (Lipinski definition) is 5. The Hall–Kier alpha value is -4.46. The summed E-state index contributed by atoms with van der Waals surface area (Å²) in [6, 6.07) is 14.5. The molecule has 0 saturated carbocycles. The molecule has 3 amide bonds. The number of pyridine rings is 2. The van der Waals surface area contributed by atoms with Gasteiger partial charge in [-0.1, -0.05) is 6.07 Å². The lowest BCUT2D eigenvalue weighted by Crippen LogP contribution is -2.34. The van der Waals surface area contributed by atoms with Crippen molar-refractivity contribution in [3.8, 4) is 11.1 Å². The van der Waals surface area contributed by atoms with Gasteiger partial charge in [-0.2, -0.15) is 0 Å². The van der Waals surface area contributed by atoms with Crippen molar-refractivity contribution >= 4 is 34.2 Å². The number of aromatic nitrogens is 2. The van der Waals surface area contributed by atoms with Crippen molar-refractivity contribution in [2.24, 2.45) is 7.05 Å². The van der Waals surface area contributed by atoms with Crippen LogP contribution in [-0.4, -0.2) is 21.5 Å². The van der Waals surface area contributed by atoms with Gasteiger partial charge in [0.2, 0.25) is 0 Å². The molecular weight excluding hydrogens is 418 g/mol. The highest BCUT2D eigenvalue weighted by Gasteiger charge is 2.14. The van der Waals surface area contributed by atoms with Gasteiger partial charge in [0, 0.05) is 46.8 Å². The van der Waals surface area contributed by atoms with Crippen LogP contribution >= 0.6 is 0 Å². The Bertz CT molecular complexity index is 1460. The van der Waals surface area contributed by atoms with Gasteiger partial charge < -0.3 is 15.6 Å². The monoisotopic (exact) mass is 441 g/mol. The highest BCUT2D eigenvalue weighted by molar-refractivity contribution is 6.08. The summed E-state index contributed by atoms with van der Waals surface area (Å²) in [5.74, 6) is -0.550. The van der Waals surface area contributed by atoms with Crippen molar-refractivity contribution in [2.75, 3.05) is 11.1 Å². The average molecular weight is 441 g/mol. The number of hydrogen-bond donors (Lipinski definition) is 3. The van der Waals surface area contributed by atoms with Crippen molar-refractivity contribution in [3.63, 3.8) is 0 Å². The SMILES string of the molecule is Cc1cc2c(cn1)cc(-c1cc(NC(=O)NC(=O)c3ccc(N)cc3)ccc1C)c(=O)n2C. The molecule has 4 N–H and O–H groups in total. The van der Waals surface area contributed by atoms with Crippen molar-refractivity contribution < 1.29 is 9.59 Å². The minimum absolute atomic E-state index is 0.156. The van der Waals surface area contributed by atoms with E-state index in [-0.39, 0.29) is 5.56 Å². The van der Waals surface area contributed by atoms with Gasteiger partial charge in [0.15, 0.2) is 0 Å². The van der Waals surface area contributed by atoms with E-state index in [0.717, 1.165) is 22.2 Å². The first-order valence-corrected chi connectivity index (χ1v) is 10.3. The number of urea groups is 1. The Morgan fingerprint density at radius 3 is 2.42 bits per heavy atom. The number of amides is 3. The van der Waals surface area contributed by atoms with Crippen LogP contribution in [0.5, 0.6) is 0 Å². The van der Waals surface area contributed by atoms with Crippen molar-refractivity contribution in [1.29, 1.82) is 0 Å². The molecule has 8 heteroatoms. The van der Waals surface area contributed by atoms with Crippen LogP contribution in [0.3, 0.4) is 0 Å². The Balaban J connectivity index is 1.62. The Kier molecular flexibility index (Phi) is 5.66. The molecule has 0 aliphatic rings. The zero-order chi connectivity index (χ0) is 23.7. The molecule has 0 unspecified atom stereocenters. The second kappa shape index (κ2) is 8.58. The van der Waals surface area contributed by atoms with Crippen LogP contribution in [-0.2, 0) is 7.05 Å². The number of carbonyl (C=O) groups excluding carboxylic acids is 2. The zero-order valence-electron chi connectivity index (χ0n) is 18.5. The number of nitrogen functional groups attached to an aromatic ring is 1. The highest BCUT2D eigenvalue weighted by atomic mass is 16.2. The lowest BCUT2D eigenvalue weighted by molar-refractivity contribution is 0.0967. The van der Waals surface area contributed by atoms with Crippen LogP contribution in [0.4, 0.5) is 16.2 Å². The van der Waals surface area contributed by atoms with Gasteiger partial charge in [-0.3, -0.25) is 19.9 Å². The molecule has 33 heavy (non-hydrogen) atoms. The van der Waals surface area contributed by atoms with Crippen LogP contribution in [0.15, 0.2) is 65.6 Å². The second-order valence-electron chi connectivity index (χ2n) is 7.87. The Morgan fingerprint density at radius 1 is 0.970 bits per heavy atom. The summed E-state index contributed by atoms with van der Waals surface area (Å²) >= 11 is 0. The third-order valence-electron chi connectivity index (χ3n) is 5.43. The molecule has 2 heterocycles. The number of nitrogens with one attached hydrogen (secondary N) is 2. The molecule has 0 saturated heterocycles. The van der Waals surface area contributed by atoms with E-state index < -0.39 is 11.9 Å². The molecule has 0 spiro atoms. The van der Waals surface area contributed by atoms with E-state index in [9.17, 15) is 14.4 Å². The van der Waals surface area contributed by atoms with Crippen LogP contribution in [0.2, 0.25) is 0 Å². The Labute approximate surface area is 190 Å². The molecule has 0 radical (unpaired) electrons. The number of imide groups is 1. The van der Waals surface area contributed by atoms with Gasteiger partial charge >= 0.3 is 6.03 Å². The number of carbonyl (C=O) groups is 2. The summed E-state index contributed by atoms with van der Waals surface area (Å²) in [5.41, 5.74) is 10.4. The van der Waals surface area contributed by atoms with Gasteiger partial charge in [0.25, 0.3) is 11.5 Å². The number of benzene rings is 2. The zero-order valence-corrected chi connectivity index (χ0v) is 18.5. The van der Waals surface area contributed by atoms with Crippen LogP contribution in [0.25, 0.3) is 22.0 Å². The van der Waals surface area contributed by atoms with Crippen molar-refractivity contribution in [3.05, 3.63) is 88.0 Å². The average Bonchev–Trinajstić information content (AvgIpc) is 2.78. The highest BCUT2D eigenvalue weighted by Crippen LogP contribution is 2.27. The third-order valence-corrected chi connectivity index (χ3v) is 5.43. The van der Waals surface area contributed by atoms with Gasteiger partial charge in [0.1, 0.15) is 0 Å². The summed E-state index contributed by atoms with van der Waals surface area (Å²) < 4.78 is 1.59. The molecule has 166 valence electrons. The molecular formula is C25H23N5O3. The number of fused-ring (bicyclic) bond motifs is 1. The number of nitrogens with zero attached hydrogens (tertiary/aromatic N) is 2. The summed E-state index contributed by atoms with van der Waals surface area (Å²) in [4.78, 5) is 42.1. The molecule has 0 aliphatic heterocycles. The molecule has 0 atom stereocenters. The Morgan fingerprint density at radius 2 is 1.70 bits per heavy atom. The third kappa shape index (κ3) is 4.45. The molecule has 4 rings (SSSR count). The standard InChI is InChI=1S/C25H23N5O3/c1-14-4-9-19(28-25(33)29-23(31)16-5-7-18(26)8-6-16)12-20(14)21-11-17-13-27-15(2)10-22(17)30(3)24(21)32/h4-13H,26H2,1-3H3,(H2,28,29,31,33). The van der Waals surface area contributed by atoms with E-state index in [2.05, 4.69) is 15.6 Å². The number of rotatable bonds is 3. The predicted octanol–water partition coefficient (Wildman–Crippen LogP) is 3.76. The van der Waals surface area contributed by atoms with Gasteiger partial charge in [-0.25, -0.2) is 4.79 Å². The van der Waals surface area contributed by atoms with Gasteiger partial charge in [-0.15, -0.1) is 0 Å². The number of anilines is 2. The van der Waals surface area contributed by atoms with Gasteiger partial charge in [-0.05, 0) is 73.5 Å². The van der Waals surface area contributed by atoms with E-state index >= 15 is 0 Å². The van der Waals surface area contributed by atoms with E-state index in [1.165, 1.54) is 12.1 Å². The lowest BCUT2D eigenvalue weighted by atomic mass is 9.99. The fourth-order valence-electron chi connectivity index (χ4n) is 3.62. The fraction of sp³-hybridized carbons (Fsp3) is 0.120. The summed E-state index contributed by atoms with van der Waals surface area (Å²) in [6.07, 6.45) is 1.74. The largest absolute Gasteiger partial charge is 0.399 e. The van der Waals surface area contributed by atoms with Crippen LogP contribution in [0.1, 0.15) is 21.6 Å². The number of aryl methyl sites for hydroxylation is 3. The lowest BCUT2D eigenvalue weighted by Gasteiger charge is -2.13. The molecule has 0 aliphatic carbocycles. The smallest absolute Gasteiger partial charge is 0.326 e. The normalized spacial score (nSPS) is 10.8. The molecule has 4 aromatic rings. The summed E-state index contributed by atoms with van der Waals surface area (Å²) in [7, 11) is 1.72. The topological polar surface area (TPSA) is 119 Å². The maximum absolute atomic E-state index is 13.1. The molecule has 8 nitrogen and oxygen atoms in total. The van der Waals surface area contributed by atoms with E-state index in [1.54, 1.807) is 48.1 Å². The van der Waals surface area contributed by atoms with Crippen LogP contribution < -0.4 is 21.9 Å². The quantitative estimate of drug-likeness (QED) is 0.418. The van der Waals surface area contributed by atoms with Crippen molar-refractivity contribution in [2.45, 2.75) is 13.8 Å². The molecule has 0 bridgehead atoms. The minimum Gasteiger partial charge on any atom is -0.399 e. The maximum Gasteiger partial charge on any atom is 0.326 e. The summed E-state index contributed by atoms with van der Waals surface area (Å²) in [5, 5.41) is 5.77.